The first kappa shape index (κ1) is 20.4. The maximum absolute atomic E-state index is 12.3. The van der Waals surface area contributed by atoms with Gasteiger partial charge in [0.1, 0.15) is 0 Å². The van der Waals surface area contributed by atoms with Crippen molar-refractivity contribution in [2.24, 2.45) is 5.41 Å². The van der Waals surface area contributed by atoms with Crippen molar-refractivity contribution in [2.45, 2.75) is 50.9 Å². The second-order valence-corrected chi connectivity index (χ2v) is 9.46. The molecule has 1 amide bonds. The van der Waals surface area contributed by atoms with Crippen LogP contribution in [0.3, 0.4) is 0 Å². The Labute approximate surface area is 177 Å². The van der Waals surface area contributed by atoms with Gasteiger partial charge in [-0.15, -0.1) is 10.2 Å². The first-order valence-corrected chi connectivity index (χ1v) is 10.8. The van der Waals surface area contributed by atoms with E-state index in [0.717, 1.165) is 49.4 Å². The minimum absolute atomic E-state index is 0.0385. The number of hydrogen-bond donors (Lipinski definition) is 1. The zero-order valence-corrected chi connectivity index (χ0v) is 18.0. The molecule has 1 saturated heterocycles. The van der Waals surface area contributed by atoms with Crippen molar-refractivity contribution in [3.05, 3.63) is 46.6 Å². The number of likely N-dealkylation sites (tertiary alicyclic amines) is 1. The summed E-state index contributed by atoms with van der Waals surface area (Å²) < 4.78 is 6.00. The Bertz CT molecular complexity index is 862. The van der Waals surface area contributed by atoms with Crippen molar-refractivity contribution in [1.82, 2.24) is 20.4 Å². The van der Waals surface area contributed by atoms with E-state index in [1.165, 1.54) is 0 Å². The van der Waals surface area contributed by atoms with Crippen LogP contribution >= 0.6 is 11.6 Å². The van der Waals surface area contributed by atoms with E-state index in [2.05, 4.69) is 34.4 Å². The molecule has 1 atom stereocenters. The van der Waals surface area contributed by atoms with Crippen molar-refractivity contribution in [2.75, 3.05) is 26.7 Å². The Morgan fingerprint density at radius 1 is 1.24 bits per heavy atom. The van der Waals surface area contributed by atoms with Crippen molar-refractivity contribution < 1.29 is 9.21 Å². The van der Waals surface area contributed by atoms with E-state index in [0.29, 0.717) is 31.2 Å². The summed E-state index contributed by atoms with van der Waals surface area (Å²) in [6, 6.07) is 7.89. The van der Waals surface area contributed by atoms with Gasteiger partial charge in [-0.25, -0.2) is 0 Å². The zero-order valence-electron chi connectivity index (χ0n) is 17.2. The minimum atomic E-state index is -0.207. The lowest BCUT2D eigenvalue weighted by molar-refractivity contribution is -0.121. The molecule has 1 unspecified atom stereocenters. The minimum Gasteiger partial charge on any atom is -0.424 e. The Morgan fingerprint density at radius 2 is 2.00 bits per heavy atom. The number of benzene rings is 1. The summed E-state index contributed by atoms with van der Waals surface area (Å²) in [5.41, 5.74) is 1.12. The Balaban J connectivity index is 1.33. The lowest BCUT2D eigenvalue weighted by Crippen LogP contribution is -2.37. The largest absolute Gasteiger partial charge is 0.424 e. The quantitative estimate of drug-likeness (QED) is 0.746. The van der Waals surface area contributed by atoms with Crippen molar-refractivity contribution in [3.8, 4) is 0 Å². The first-order chi connectivity index (χ1) is 13.9. The van der Waals surface area contributed by atoms with E-state index >= 15 is 0 Å². The summed E-state index contributed by atoms with van der Waals surface area (Å²) in [6.45, 7) is 5.06. The third kappa shape index (κ3) is 4.33. The molecule has 2 aliphatic rings. The number of halogens is 1. The Morgan fingerprint density at radius 3 is 2.62 bits per heavy atom. The van der Waals surface area contributed by atoms with E-state index in [4.69, 9.17) is 16.0 Å². The monoisotopic (exact) mass is 416 g/mol. The maximum Gasteiger partial charge on any atom is 0.227 e. The molecule has 1 aromatic heterocycles. The Kier molecular flexibility index (Phi) is 5.67. The van der Waals surface area contributed by atoms with Gasteiger partial charge in [-0.1, -0.05) is 37.1 Å². The molecule has 0 spiro atoms. The van der Waals surface area contributed by atoms with Crippen molar-refractivity contribution in [1.29, 1.82) is 0 Å². The number of nitrogens with one attached hydrogen (secondary N) is 1. The highest BCUT2D eigenvalue weighted by Crippen LogP contribution is 2.48. The fourth-order valence-electron chi connectivity index (χ4n) is 4.51. The molecule has 1 saturated carbocycles. The first-order valence-electron chi connectivity index (χ1n) is 10.4. The molecule has 2 fully saturated rings. The van der Waals surface area contributed by atoms with Crippen molar-refractivity contribution >= 4 is 17.5 Å². The van der Waals surface area contributed by atoms with Gasteiger partial charge in [0.15, 0.2) is 0 Å². The van der Waals surface area contributed by atoms with Crippen LogP contribution in [0.4, 0.5) is 0 Å². The van der Waals surface area contributed by atoms with Crippen LogP contribution in [-0.4, -0.2) is 47.7 Å². The number of hydrogen-bond acceptors (Lipinski definition) is 5. The van der Waals surface area contributed by atoms with Gasteiger partial charge in [-0.05, 0) is 56.0 Å². The summed E-state index contributed by atoms with van der Waals surface area (Å²) in [7, 11) is 2.12. The van der Waals surface area contributed by atoms with Crippen LogP contribution in [0.2, 0.25) is 5.02 Å². The van der Waals surface area contributed by atoms with Crippen LogP contribution < -0.4 is 5.32 Å². The average molecular weight is 417 g/mol. The lowest BCUT2D eigenvalue weighted by Gasteiger charge is -2.39. The number of aryl methyl sites for hydroxylation is 1. The van der Waals surface area contributed by atoms with Crippen LogP contribution in [0, 0.1) is 5.41 Å². The highest BCUT2D eigenvalue weighted by molar-refractivity contribution is 6.30. The van der Waals surface area contributed by atoms with Crippen LogP contribution in [-0.2, 0) is 16.6 Å². The normalized spacial score (nSPS) is 23.7. The highest BCUT2D eigenvalue weighted by atomic mass is 35.5. The summed E-state index contributed by atoms with van der Waals surface area (Å²) >= 11 is 6.04. The topological polar surface area (TPSA) is 71.3 Å². The standard InChI is InChI=1S/C22H29ClN4O2/c1-21(12-13-27(2)15-21)14-24-18(28)8-9-19-25-26-20(29-19)22(10-3-11-22)16-4-6-17(23)7-5-16/h4-7H,3,8-15H2,1-2H3,(H,24,28). The fourth-order valence-corrected chi connectivity index (χ4v) is 4.63. The highest BCUT2D eigenvalue weighted by Gasteiger charge is 2.45. The molecule has 156 valence electrons. The zero-order chi connectivity index (χ0) is 20.5. The van der Waals surface area contributed by atoms with Gasteiger partial charge in [0, 0.05) is 31.0 Å². The summed E-state index contributed by atoms with van der Waals surface area (Å²) in [6.07, 6.45) is 5.06. The number of carbonyl (C=O) groups is 1. The molecule has 29 heavy (non-hydrogen) atoms. The molecule has 6 nitrogen and oxygen atoms in total. The molecule has 1 N–H and O–H groups in total. The summed E-state index contributed by atoms with van der Waals surface area (Å²) in [4.78, 5) is 14.6. The number of nitrogens with zero attached hydrogens (tertiary/aromatic N) is 3. The molecular weight excluding hydrogens is 388 g/mol. The van der Waals surface area contributed by atoms with E-state index in [1.54, 1.807) is 0 Å². The smallest absolute Gasteiger partial charge is 0.227 e. The molecule has 7 heteroatoms. The molecule has 4 rings (SSSR count). The van der Waals surface area contributed by atoms with Gasteiger partial charge in [0.2, 0.25) is 17.7 Å². The SMILES string of the molecule is CN1CCC(C)(CNC(=O)CCc2nnc(C3(c4ccc(Cl)cc4)CCC3)o2)C1. The van der Waals surface area contributed by atoms with Gasteiger partial charge in [-0.2, -0.15) is 0 Å². The molecule has 1 aliphatic heterocycles. The second-order valence-electron chi connectivity index (χ2n) is 9.02. The van der Waals surface area contributed by atoms with Gasteiger partial charge in [-0.3, -0.25) is 4.79 Å². The number of rotatable bonds is 7. The summed E-state index contributed by atoms with van der Waals surface area (Å²) in [5, 5.41) is 12.3. The van der Waals surface area contributed by atoms with E-state index in [1.807, 2.05) is 24.3 Å². The van der Waals surface area contributed by atoms with Crippen LogP contribution in [0.25, 0.3) is 0 Å². The fraction of sp³-hybridized carbons (Fsp3) is 0.591. The van der Waals surface area contributed by atoms with Gasteiger partial charge < -0.3 is 14.6 Å². The van der Waals surface area contributed by atoms with E-state index in [-0.39, 0.29) is 16.7 Å². The maximum atomic E-state index is 12.3. The number of carbonyl (C=O) groups excluding carboxylic acids is 1. The number of aromatic nitrogens is 2. The van der Waals surface area contributed by atoms with Crippen LogP contribution in [0.5, 0.6) is 0 Å². The molecule has 0 radical (unpaired) electrons. The van der Waals surface area contributed by atoms with Gasteiger partial charge >= 0.3 is 0 Å². The van der Waals surface area contributed by atoms with Gasteiger partial charge in [0.25, 0.3) is 0 Å². The molecule has 1 aliphatic carbocycles. The number of amides is 1. The predicted octanol–water partition coefficient (Wildman–Crippen LogP) is 3.58. The molecule has 2 heterocycles. The molecular formula is C22H29ClN4O2. The lowest BCUT2D eigenvalue weighted by atomic mass is 9.64. The van der Waals surface area contributed by atoms with E-state index in [9.17, 15) is 4.79 Å². The van der Waals surface area contributed by atoms with Crippen molar-refractivity contribution in [3.63, 3.8) is 0 Å². The van der Waals surface area contributed by atoms with E-state index < -0.39 is 0 Å². The molecule has 2 aromatic rings. The van der Waals surface area contributed by atoms with Crippen LogP contribution in [0.1, 0.15) is 56.4 Å². The van der Waals surface area contributed by atoms with Crippen LogP contribution in [0.15, 0.2) is 28.7 Å². The summed E-state index contributed by atoms with van der Waals surface area (Å²) in [5.74, 6) is 1.22. The third-order valence-corrected chi connectivity index (χ3v) is 6.76. The second kappa shape index (κ2) is 8.07. The molecule has 1 aromatic carbocycles. The predicted molar refractivity (Wildman–Crippen MR) is 112 cm³/mol. The third-order valence-electron chi connectivity index (χ3n) is 6.51. The Hall–Kier alpha value is -1.92. The average Bonchev–Trinajstić information content (AvgIpc) is 3.26. The molecule has 0 bridgehead atoms. The van der Waals surface area contributed by atoms with Gasteiger partial charge in [0.05, 0.1) is 5.41 Å².